The zero-order valence-corrected chi connectivity index (χ0v) is 16.9. The zero-order chi connectivity index (χ0) is 19.6. The van der Waals surface area contributed by atoms with Crippen molar-refractivity contribution >= 4 is 15.9 Å². The molecule has 4 aromatic carbocycles. The molecule has 1 aliphatic carbocycles. The third-order valence-electron chi connectivity index (χ3n) is 6.03. The number of nitrogens with zero attached hydrogens (tertiary/aromatic N) is 1. The molecule has 29 heavy (non-hydrogen) atoms. The Bertz CT molecular complexity index is 1320. The van der Waals surface area contributed by atoms with Crippen molar-refractivity contribution in [1.82, 2.24) is 0 Å². The molecule has 1 spiro atoms. The fourth-order valence-corrected chi connectivity index (χ4v) is 5.30. The Balaban J connectivity index is 1.86. The Labute approximate surface area is 177 Å². The number of hydrogen-bond acceptors (Lipinski definition) is 2. The molecular formula is C26H14BrNO. The van der Waals surface area contributed by atoms with Gasteiger partial charge in [0.05, 0.1) is 17.0 Å². The quantitative estimate of drug-likeness (QED) is 0.263. The summed E-state index contributed by atoms with van der Waals surface area (Å²) in [6, 6.07) is 31.3. The number of hydrogen-bond donors (Lipinski definition) is 0. The maximum absolute atomic E-state index is 9.63. The Kier molecular flexibility index (Phi) is 3.33. The maximum Gasteiger partial charge on any atom is 0.132 e. The molecule has 2 aliphatic rings. The van der Waals surface area contributed by atoms with Crippen LogP contribution in [0.25, 0.3) is 11.1 Å². The Morgan fingerprint density at radius 3 is 1.93 bits per heavy atom. The van der Waals surface area contributed by atoms with E-state index < -0.39 is 5.41 Å². The van der Waals surface area contributed by atoms with Crippen molar-refractivity contribution in [3.05, 3.63) is 117 Å². The van der Waals surface area contributed by atoms with E-state index in [0.29, 0.717) is 5.56 Å². The summed E-state index contributed by atoms with van der Waals surface area (Å²) in [5.41, 5.74) is 7.05. The van der Waals surface area contributed by atoms with Gasteiger partial charge in [0.2, 0.25) is 0 Å². The first-order chi connectivity index (χ1) is 14.2. The molecule has 136 valence electrons. The van der Waals surface area contributed by atoms with Crippen LogP contribution in [-0.4, -0.2) is 0 Å². The van der Waals surface area contributed by atoms with E-state index in [-0.39, 0.29) is 0 Å². The molecule has 0 bridgehead atoms. The van der Waals surface area contributed by atoms with Gasteiger partial charge in [0.15, 0.2) is 0 Å². The van der Waals surface area contributed by atoms with Gasteiger partial charge in [0, 0.05) is 15.6 Å². The van der Waals surface area contributed by atoms with E-state index in [1.807, 2.05) is 36.4 Å². The number of ether oxygens (including phenoxy) is 1. The van der Waals surface area contributed by atoms with Crippen LogP contribution in [0.15, 0.2) is 89.4 Å². The fraction of sp³-hybridized carbons (Fsp3) is 0.0385. The molecule has 0 radical (unpaired) electrons. The molecule has 1 aliphatic heterocycles. The van der Waals surface area contributed by atoms with Crippen LogP contribution in [-0.2, 0) is 5.41 Å². The molecule has 4 aromatic rings. The van der Waals surface area contributed by atoms with Crippen LogP contribution in [0.2, 0.25) is 0 Å². The van der Waals surface area contributed by atoms with E-state index in [1.54, 1.807) is 0 Å². The number of nitriles is 1. The van der Waals surface area contributed by atoms with Crippen molar-refractivity contribution in [3.63, 3.8) is 0 Å². The van der Waals surface area contributed by atoms with E-state index >= 15 is 0 Å². The molecule has 0 saturated carbocycles. The predicted molar refractivity (Wildman–Crippen MR) is 116 cm³/mol. The van der Waals surface area contributed by atoms with Crippen LogP contribution < -0.4 is 4.74 Å². The van der Waals surface area contributed by atoms with Gasteiger partial charge in [-0.25, -0.2) is 0 Å². The summed E-state index contributed by atoms with van der Waals surface area (Å²) in [5, 5.41) is 9.63. The summed E-state index contributed by atoms with van der Waals surface area (Å²) in [6.07, 6.45) is 0. The monoisotopic (exact) mass is 435 g/mol. The molecule has 0 atom stereocenters. The van der Waals surface area contributed by atoms with Gasteiger partial charge < -0.3 is 4.74 Å². The van der Waals surface area contributed by atoms with E-state index in [2.05, 4.69) is 70.5 Å². The summed E-state index contributed by atoms with van der Waals surface area (Å²) < 4.78 is 7.34. The Morgan fingerprint density at radius 1 is 0.690 bits per heavy atom. The minimum absolute atomic E-state index is 0.521. The fourth-order valence-electron chi connectivity index (χ4n) is 4.94. The van der Waals surface area contributed by atoms with Crippen LogP contribution in [0.3, 0.4) is 0 Å². The number of halogens is 1. The van der Waals surface area contributed by atoms with Crippen molar-refractivity contribution in [2.24, 2.45) is 0 Å². The number of para-hydroxylation sites is 2. The average molecular weight is 436 g/mol. The molecule has 2 nitrogen and oxygen atoms in total. The van der Waals surface area contributed by atoms with E-state index in [4.69, 9.17) is 4.74 Å². The van der Waals surface area contributed by atoms with Gasteiger partial charge >= 0.3 is 0 Å². The molecule has 0 fully saturated rings. The number of fused-ring (bicyclic) bond motifs is 9. The lowest BCUT2D eigenvalue weighted by atomic mass is 9.66. The smallest absolute Gasteiger partial charge is 0.132 e. The molecule has 6 rings (SSSR count). The van der Waals surface area contributed by atoms with Crippen LogP contribution in [0.1, 0.15) is 27.8 Å². The topological polar surface area (TPSA) is 33.0 Å². The molecule has 0 aromatic heterocycles. The second kappa shape index (κ2) is 5.83. The molecule has 0 amide bonds. The van der Waals surface area contributed by atoms with Gasteiger partial charge in [-0.3, -0.25) is 0 Å². The van der Waals surface area contributed by atoms with Crippen molar-refractivity contribution < 1.29 is 4.74 Å². The first kappa shape index (κ1) is 16.6. The highest BCUT2D eigenvalue weighted by atomic mass is 79.9. The normalized spacial score (nSPS) is 14.2. The Hall–Kier alpha value is -3.35. The SMILES string of the molecule is N#Cc1ccc2c(c1)C1(c3ccccc3Oc3ccccc31)c1cc(Br)ccc1-2. The van der Waals surface area contributed by atoms with Gasteiger partial charge in [-0.05, 0) is 58.7 Å². The second-order valence-corrected chi connectivity index (χ2v) is 8.32. The Morgan fingerprint density at radius 2 is 1.28 bits per heavy atom. The summed E-state index contributed by atoms with van der Waals surface area (Å²) in [4.78, 5) is 0. The summed E-state index contributed by atoms with van der Waals surface area (Å²) >= 11 is 3.68. The summed E-state index contributed by atoms with van der Waals surface area (Å²) in [6.45, 7) is 0. The summed E-state index contributed by atoms with van der Waals surface area (Å²) in [7, 11) is 0. The zero-order valence-electron chi connectivity index (χ0n) is 15.3. The molecule has 3 heteroatoms. The summed E-state index contributed by atoms with van der Waals surface area (Å²) in [5.74, 6) is 1.71. The van der Waals surface area contributed by atoms with Gasteiger partial charge in [0.25, 0.3) is 0 Å². The van der Waals surface area contributed by atoms with Crippen LogP contribution in [0.4, 0.5) is 0 Å². The standard InChI is InChI=1S/C26H14BrNO/c27-17-10-12-19-18-11-9-16(15-28)13-22(18)26(23(19)14-17)20-5-1-3-7-24(20)29-25-8-4-2-6-21(25)26/h1-14H. The van der Waals surface area contributed by atoms with Crippen LogP contribution >= 0.6 is 15.9 Å². The largest absolute Gasteiger partial charge is 0.457 e. The lowest BCUT2D eigenvalue weighted by Crippen LogP contribution is -2.32. The van der Waals surface area contributed by atoms with Gasteiger partial charge in [0.1, 0.15) is 11.5 Å². The van der Waals surface area contributed by atoms with Crippen molar-refractivity contribution in [2.75, 3.05) is 0 Å². The molecule has 0 N–H and O–H groups in total. The highest BCUT2D eigenvalue weighted by Crippen LogP contribution is 2.62. The third kappa shape index (κ3) is 2.04. The van der Waals surface area contributed by atoms with Gasteiger partial charge in [-0.2, -0.15) is 5.26 Å². The van der Waals surface area contributed by atoms with Crippen molar-refractivity contribution in [2.45, 2.75) is 5.41 Å². The van der Waals surface area contributed by atoms with E-state index in [0.717, 1.165) is 38.2 Å². The predicted octanol–water partition coefficient (Wildman–Crippen LogP) is 6.79. The van der Waals surface area contributed by atoms with Gasteiger partial charge in [-0.15, -0.1) is 0 Å². The second-order valence-electron chi connectivity index (χ2n) is 7.41. The van der Waals surface area contributed by atoms with Crippen molar-refractivity contribution in [3.8, 4) is 28.7 Å². The third-order valence-corrected chi connectivity index (χ3v) is 6.52. The van der Waals surface area contributed by atoms with Gasteiger partial charge in [-0.1, -0.05) is 64.5 Å². The highest BCUT2D eigenvalue weighted by Gasteiger charge is 2.51. The van der Waals surface area contributed by atoms with E-state index in [1.165, 1.54) is 11.1 Å². The van der Waals surface area contributed by atoms with Crippen LogP contribution in [0, 0.1) is 11.3 Å². The lowest BCUT2D eigenvalue weighted by Gasteiger charge is -2.39. The maximum atomic E-state index is 9.63. The first-order valence-electron chi connectivity index (χ1n) is 9.45. The molecular weight excluding hydrogens is 422 g/mol. The molecule has 0 unspecified atom stereocenters. The van der Waals surface area contributed by atoms with E-state index in [9.17, 15) is 5.26 Å². The molecule has 1 heterocycles. The first-order valence-corrected chi connectivity index (χ1v) is 10.2. The lowest BCUT2D eigenvalue weighted by molar-refractivity contribution is 0.436. The van der Waals surface area contributed by atoms with Crippen molar-refractivity contribution in [1.29, 1.82) is 5.26 Å². The number of rotatable bonds is 0. The molecule has 0 saturated heterocycles. The average Bonchev–Trinajstić information content (AvgIpc) is 3.03. The number of benzene rings is 4. The highest BCUT2D eigenvalue weighted by molar-refractivity contribution is 9.10. The minimum atomic E-state index is -0.521. The minimum Gasteiger partial charge on any atom is -0.457 e. The van der Waals surface area contributed by atoms with Crippen LogP contribution in [0.5, 0.6) is 11.5 Å².